The highest BCUT2D eigenvalue weighted by Crippen LogP contribution is 2.25. The summed E-state index contributed by atoms with van der Waals surface area (Å²) < 4.78 is 1.30. The summed E-state index contributed by atoms with van der Waals surface area (Å²) >= 11 is 2.40. The molecule has 0 aliphatic carbocycles. The first-order valence-electron chi connectivity index (χ1n) is 5.94. The molecule has 0 aliphatic rings. The van der Waals surface area contributed by atoms with E-state index in [2.05, 4.69) is 70.1 Å². The second-order valence-corrected chi connectivity index (χ2v) is 5.20. The van der Waals surface area contributed by atoms with Crippen molar-refractivity contribution < 1.29 is 0 Å². The number of H-pyrrole nitrogens is 1. The molecular formula is C14H17IN2. The normalized spacial score (nSPS) is 12.6. The van der Waals surface area contributed by atoms with Crippen LogP contribution in [0.25, 0.3) is 0 Å². The molecule has 1 unspecified atom stereocenters. The molecular weight excluding hydrogens is 323 g/mol. The zero-order chi connectivity index (χ0) is 12.1. The first kappa shape index (κ1) is 12.6. The van der Waals surface area contributed by atoms with Gasteiger partial charge in [0, 0.05) is 15.5 Å². The first-order valence-corrected chi connectivity index (χ1v) is 7.02. The lowest BCUT2D eigenvalue weighted by atomic mass is 10.0. The van der Waals surface area contributed by atoms with Gasteiger partial charge in [0.05, 0.1) is 6.04 Å². The predicted molar refractivity (Wildman–Crippen MR) is 80.1 cm³/mol. The molecule has 0 radical (unpaired) electrons. The third-order valence-electron chi connectivity index (χ3n) is 2.75. The van der Waals surface area contributed by atoms with Crippen molar-refractivity contribution >= 4 is 22.6 Å². The number of aromatic amines is 1. The largest absolute Gasteiger partial charge is 0.363 e. The number of hydrogen-bond donors (Lipinski definition) is 2. The van der Waals surface area contributed by atoms with Crippen molar-refractivity contribution in [2.24, 2.45) is 0 Å². The second kappa shape index (κ2) is 6.21. The van der Waals surface area contributed by atoms with Crippen LogP contribution in [0.4, 0.5) is 0 Å². The Morgan fingerprint density at radius 2 is 2.06 bits per heavy atom. The quantitative estimate of drug-likeness (QED) is 0.798. The lowest BCUT2D eigenvalue weighted by Crippen LogP contribution is -2.24. The van der Waals surface area contributed by atoms with E-state index in [1.807, 2.05) is 12.3 Å². The van der Waals surface area contributed by atoms with Gasteiger partial charge in [-0.05, 0) is 59.3 Å². The minimum absolute atomic E-state index is 0.262. The summed E-state index contributed by atoms with van der Waals surface area (Å²) in [5.74, 6) is 0. The topological polar surface area (TPSA) is 27.8 Å². The third kappa shape index (κ3) is 3.10. The molecule has 0 spiro atoms. The fourth-order valence-electron chi connectivity index (χ4n) is 1.91. The van der Waals surface area contributed by atoms with Crippen molar-refractivity contribution in [1.29, 1.82) is 0 Å². The minimum Gasteiger partial charge on any atom is -0.363 e. The van der Waals surface area contributed by atoms with Crippen LogP contribution in [0.5, 0.6) is 0 Å². The summed E-state index contributed by atoms with van der Waals surface area (Å²) in [6, 6.07) is 13.0. The number of aromatic nitrogens is 1. The Bertz CT molecular complexity index is 451. The molecule has 1 aromatic carbocycles. The Morgan fingerprint density at radius 1 is 1.24 bits per heavy atom. The first-order chi connectivity index (χ1) is 8.33. The van der Waals surface area contributed by atoms with Crippen LogP contribution < -0.4 is 5.32 Å². The van der Waals surface area contributed by atoms with Crippen LogP contribution in [0.2, 0.25) is 0 Å². The molecule has 3 heteroatoms. The van der Waals surface area contributed by atoms with E-state index in [4.69, 9.17) is 0 Å². The Morgan fingerprint density at radius 3 is 2.71 bits per heavy atom. The molecule has 2 N–H and O–H groups in total. The van der Waals surface area contributed by atoms with Gasteiger partial charge in [0.25, 0.3) is 0 Å². The van der Waals surface area contributed by atoms with Gasteiger partial charge < -0.3 is 10.3 Å². The summed E-state index contributed by atoms with van der Waals surface area (Å²) in [4.78, 5) is 3.31. The average molecular weight is 340 g/mol. The SMILES string of the molecule is CCCNC(c1ccc[nH]1)c1ccccc1I. The smallest absolute Gasteiger partial charge is 0.0739 e. The van der Waals surface area contributed by atoms with Crippen LogP contribution in [-0.2, 0) is 0 Å². The van der Waals surface area contributed by atoms with Gasteiger partial charge in [-0.1, -0.05) is 25.1 Å². The van der Waals surface area contributed by atoms with Crippen molar-refractivity contribution in [2.75, 3.05) is 6.54 Å². The van der Waals surface area contributed by atoms with Crippen molar-refractivity contribution in [2.45, 2.75) is 19.4 Å². The van der Waals surface area contributed by atoms with Crippen LogP contribution in [0.1, 0.15) is 30.6 Å². The number of rotatable bonds is 5. The molecule has 17 heavy (non-hydrogen) atoms. The van der Waals surface area contributed by atoms with Gasteiger partial charge in [0.1, 0.15) is 0 Å². The van der Waals surface area contributed by atoms with E-state index in [0.717, 1.165) is 13.0 Å². The highest BCUT2D eigenvalue weighted by molar-refractivity contribution is 14.1. The Labute approximate surface area is 116 Å². The standard InChI is InChI=1S/C14H17IN2/c1-2-9-17-14(13-8-5-10-16-13)11-6-3-4-7-12(11)15/h3-8,10,14,16-17H,2,9H2,1H3. The van der Waals surface area contributed by atoms with Crippen LogP contribution in [0, 0.1) is 3.57 Å². The lowest BCUT2D eigenvalue weighted by molar-refractivity contribution is 0.587. The van der Waals surface area contributed by atoms with E-state index < -0.39 is 0 Å². The van der Waals surface area contributed by atoms with E-state index in [-0.39, 0.29) is 6.04 Å². The molecule has 0 aliphatic heterocycles. The molecule has 2 aromatic rings. The Hall–Kier alpha value is -0.810. The molecule has 1 aromatic heterocycles. The minimum atomic E-state index is 0.262. The van der Waals surface area contributed by atoms with E-state index in [0.29, 0.717) is 0 Å². The predicted octanol–water partition coefficient (Wildman–Crippen LogP) is 3.71. The summed E-state index contributed by atoms with van der Waals surface area (Å²) in [6.07, 6.45) is 3.12. The van der Waals surface area contributed by atoms with Crippen molar-refractivity contribution in [3.05, 3.63) is 57.4 Å². The van der Waals surface area contributed by atoms with Crippen molar-refractivity contribution in [3.8, 4) is 0 Å². The summed E-state index contributed by atoms with van der Waals surface area (Å²) in [7, 11) is 0. The van der Waals surface area contributed by atoms with Crippen LogP contribution in [0.3, 0.4) is 0 Å². The fraction of sp³-hybridized carbons (Fsp3) is 0.286. The number of halogens is 1. The lowest BCUT2D eigenvalue weighted by Gasteiger charge is -2.19. The molecule has 2 rings (SSSR count). The van der Waals surface area contributed by atoms with Crippen LogP contribution >= 0.6 is 22.6 Å². The maximum atomic E-state index is 3.59. The van der Waals surface area contributed by atoms with E-state index in [1.165, 1.54) is 14.8 Å². The van der Waals surface area contributed by atoms with Gasteiger partial charge in [-0.15, -0.1) is 0 Å². The molecule has 0 bridgehead atoms. The van der Waals surface area contributed by atoms with Gasteiger partial charge in [0.15, 0.2) is 0 Å². The van der Waals surface area contributed by atoms with Gasteiger partial charge in [-0.3, -0.25) is 0 Å². The second-order valence-electron chi connectivity index (χ2n) is 4.03. The number of hydrogen-bond acceptors (Lipinski definition) is 1. The zero-order valence-electron chi connectivity index (χ0n) is 9.91. The molecule has 90 valence electrons. The van der Waals surface area contributed by atoms with Gasteiger partial charge in [-0.25, -0.2) is 0 Å². The molecule has 1 heterocycles. The van der Waals surface area contributed by atoms with Crippen molar-refractivity contribution in [3.63, 3.8) is 0 Å². The molecule has 0 saturated heterocycles. The maximum Gasteiger partial charge on any atom is 0.0739 e. The molecule has 0 saturated carbocycles. The monoisotopic (exact) mass is 340 g/mol. The number of benzene rings is 1. The zero-order valence-corrected chi connectivity index (χ0v) is 12.1. The highest BCUT2D eigenvalue weighted by Gasteiger charge is 2.15. The summed E-state index contributed by atoms with van der Waals surface area (Å²) in [6.45, 7) is 3.21. The van der Waals surface area contributed by atoms with Crippen LogP contribution in [0.15, 0.2) is 42.6 Å². The third-order valence-corrected chi connectivity index (χ3v) is 3.73. The Balaban J connectivity index is 2.30. The summed E-state index contributed by atoms with van der Waals surface area (Å²) in [5.41, 5.74) is 2.56. The van der Waals surface area contributed by atoms with Gasteiger partial charge in [0.2, 0.25) is 0 Å². The molecule has 2 nitrogen and oxygen atoms in total. The maximum absolute atomic E-state index is 3.59. The fourth-order valence-corrected chi connectivity index (χ4v) is 2.61. The highest BCUT2D eigenvalue weighted by atomic mass is 127. The van der Waals surface area contributed by atoms with E-state index in [9.17, 15) is 0 Å². The summed E-state index contributed by atoms with van der Waals surface area (Å²) in [5, 5.41) is 3.59. The Kier molecular flexibility index (Phi) is 4.62. The van der Waals surface area contributed by atoms with Gasteiger partial charge in [-0.2, -0.15) is 0 Å². The molecule has 0 amide bonds. The van der Waals surface area contributed by atoms with Crippen molar-refractivity contribution in [1.82, 2.24) is 10.3 Å². The average Bonchev–Trinajstić information content (AvgIpc) is 2.85. The van der Waals surface area contributed by atoms with E-state index >= 15 is 0 Å². The molecule has 1 atom stereocenters. The van der Waals surface area contributed by atoms with Gasteiger partial charge >= 0.3 is 0 Å². The van der Waals surface area contributed by atoms with E-state index in [1.54, 1.807) is 0 Å². The van der Waals surface area contributed by atoms with Crippen LogP contribution in [-0.4, -0.2) is 11.5 Å². The molecule has 0 fully saturated rings. The number of nitrogens with one attached hydrogen (secondary N) is 2.